The molecule has 146 valence electrons. The van der Waals surface area contributed by atoms with Crippen molar-refractivity contribution in [3.63, 3.8) is 0 Å². The minimum absolute atomic E-state index is 0.0947. The third-order valence-corrected chi connectivity index (χ3v) is 5.69. The van der Waals surface area contributed by atoms with Crippen LogP contribution in [0.4, 0.5) is 5.95 Å². The van der Waals surface area contributed by atoms with Gasteiger partial charge in [-0.2, -0.15) is 5.10 Å². The van der Waals surface area contributed by atoms with Gasteiger partial charge >= 0.3 is 0 Å². The van der Waals surface area contributed by atoms with E-state index in [1.165, 1.54) is 25.0 Å². The van der Waals surface area contributed by atoms with Crippen LogP contribution in [0.15, 0.2) is 18.5 Å². The highest BCUT2D eigenvalue weighted by Crippen LogP contribution is 2.37. The van der Waals surface area contributed by atoms with E-state index in [1.54, 1.807) is 0 Å². The van der Waals surface area contributed by atoms with E-state index in [1.807, 2.05) is 23.1 Å². The Balaban J connectivity index is 1.71. The van der Waals surface area contributed by atoms with Crippen LogP contribution in [0.1, 0.15) is 50.8 Å². The standard InChI is InChI=1S/C20H30N6O/c1-2-9-24-12-5-6-18(24)19-16(15-22-26(19)13-14-27)17-7-8-21-20(23-17)25-10-3-4-11-25/h7-8,15,18,27H,2-6,9-14H2,1H3/t18-/m0/s1. The van der Waals surface area contributed by atoms with Gasteiger partial charge in [-0.05, 0) is 51.3 Å². The Morgan fingerprint density at radius 1 is 1.15 bits per heavy atom. The summed E-state index contributed by atoms with van der Waals surface area (Å²) in [6.07, 6.45) is 9.69. The molecule has 0 spiro atoms. The Hall–Kier alpha value is -1.99. The van der Waals surface area contributed by atoms with Crippen molar-refractivity contribution in [1.82, 2.24) is 24.6 Å². The van der Waals surface area contributed by atoms with Gasteiger partial charge in [-0.25, -0.2) is 9.97 Å². The Kier molecular flexibility index (Phi) is 5.69. The van der Waals surface area contributed by atoms with Crippen LogP contribution in [0.2, 0.25) is 0 Å². The zero-order chi connectivity index (χ0) is 18.6. The number of nitrogens with zero attached hydrogens (tertiary/aromatic N) is 6. The normalized spacial score (nSPS) is 20.7. The van der Waals surface area contributed by atoms with Gasteiger partial charge in [0, 0.05) is 24.8 Å². The molecule has 0 amide bonds. The summed E-state index contributed by atoms with van der Waals surface area (Å²) < 4.78 is 1.98. The van der Waals surface area contributed by atoms with Gasteiger partial charge in [-0.1, -0.05) is 6.92 Å². The van der Waals surface area contributed by atoms with E-state index < -0.39 is 0 Å². The van der Waals surface area contributed by atoms with E-state index >= 15 is 0 Å². The van der Waals surface area contributed by atoms with Crippen molar-refractivity contribution < 1.29 is 5.11 Å². The third kappa shape index (κ3) is 3.71. The van der Waals surface area contributed by atoms with Crippen LogP contribution in [0, 0.1) is 0 Å². The fourth-order valence-electron chi connectivity index (χ4n) is 4.48. The van der Waals surface area contributed by atoms with Crippen LogP contribution in [-0.4, -0.2) is 62.5 Å². The van der Waals surface area contributed by atoms with Crippen molar-refractivity contribution in [2.75, 3.05) is 37.7 Å². The van der Waals surface area contributed by atoms with Crippen LogP contribution in [0.3, 0.4) is 0 Å². The second-order valence-corrected chi connectivity index (χ2v) is 7.52. The second-order valence-electron chi connectivity index (χ2n) is 7.52. The molecule has 2 aromatic heterocycles. The minimum atomic E-state index is 0.0947. The maximum absolute atomic E-state index is 9.52. The van der Waals surface area contributed by atoms with Gasteiger partial charge in [0.25, 0.3) is 0 Å². The summed E-state index contributed by atoms with van der Waals surface area (Å²) in [7, 11) is 0. The van der Waals surface area contributed by atoms with E-state index in [0.29, 0.717) is 12.6 Å². The summed E-state index contributed by atoms with van der Waals surface area (Å²) in [6.45, 7) is 7.14. The van der Waals surface area contributed by atoms with Crippen molar-refractivity contribution in [2.45, 2.75) is 51.6 Å². The molecule has 2 aliphatic heterocycles. The van der Waals surface area contributed by atoms with Crippen molar-refractivity contribution in [2.24, 2.45) is 0 Å². The quantitative estimate of drug-likeness (QED) is 0.807. The molecule has 0 aliphatic carbocycles. The summed E-state index contributed by atoms with van der Waals surface area (Å²) >= 11 is 0. The SMILES string of the molecule is CCCN1CCC[C@H]1c1c(-c2ccnc(N3CCCC3)n2)cnn1CCO. The fourth-order valence-corrected chi connectivity index (χ4v) is 4.48. The third-order valence-electron chi connectivity index (χ3n) is 5.69. The zero-order valence-corrected chi connectivity index (χ0v) is 16.2. The Bertz CT molecular complexity index is 755. The first-order chi connectivity index (χ1) is 13.3. The Morgan fingerprint density at radius 3 is 2.78 bits per heavy atom. The molecule has 4 rings (SSSR count). The van der Waals surface area contributed by atoms with Crippen molar-refractivity contribution >= 4 is 5.95 Å². The van der Waals surface area contributed by atoms with Crippen molar-refractivity contribution in [3.8, 4) is 11.3 Å². The van der Waals surface area contributed by atoms with Crippen LogP contribution in [0.25, 0.3) is 11.3 Å². The predicted molar refractivity (Wildman–Crippen MR) is 106 cm³/mol. The first-order valence-corrected chi connectivity index (χ1v) is 10.3. The number of hydrogen-bond acceptors (Lipinski definition) is 6. The lowest BCUT2D eigenvalue weighted by Gasteiger charge is -2.26. The topological polar surface area (TPSA) is 70.3 Å². The largest absolute Gasteiger partial charge is 0.394 e. The highest BCUT2D eigenvalue weighted by Gasteiger charge is 2.31. The number of aliphatic hydroxyl groups excluding tert-OH is 1. The monoisotopic (exact) mass is 370 g/mol. The number of likely N-dealkylation sites (tertiary alicyclic amines) is 1. The fraction of sp³-hybridized carbons (Fsp3) is 0.650. The minimum Gasteiger partial charge on any atom is -0.394 e. The molecule has 7 nitrogen and oxygen atoms in total. The van der Waals surface area contributed by atoms with Crippen LogP contribution < -0.4 is 4.90 Å². The molecule has 0 radical (unpaired) electrons. The zero-order valence-electron chi connectivity index (χ0n) is 16.2. The molecular weight excluding hydrogens is 340 g/mol. The molecule has 0 unspecified atom stereocenters. The van der Waals surface area contributed by atoms with Gasteiger partial charge in [-0.15, -0.1) is 0 Å². The van der Waals surface area contributed by atoms with E-state index in [9.17, 15) is 5.11 Å². The Morgan fingerprint density at radius 2 is 2.00 bits per heavy atom. The number of rotatable bonds is 7. The van der Waals surface area contributed by atoms with Gasteiger partial charge in [0.15, 0.2) is 0 Å². The number of hydrogen-bond donors (Lipinski definition) is 1. The lowest BCUT2D eigenvalue weighted by Crippen LogP contribution is -2.27. The molecule has 2 aromatic rings. The van der Waals surface area contributed by atoms with E-state index in [0.717, 1.165) is 56.2 Å². The molecule has 7 heteroatoms. The molecule has 0 aromatic carbocycles. The van der Waals surface area contributed by atoms with Gasteiger partial charge in [0.2, 0.25) is 5.95 Å². The summed E-state index contributed by atoms with van der Waals surface area (Å²) in [5.41, 5.74) is 3.22. The molecule has 1 N–H and O–H groups in total. The molecule has 0 bridgehead atoms. The van der Waals surface area contributed by atoms with Crippen molar-refractivity contribution in [1.29, 1.82) is 0 Å². The maximum atomic E-state index is 9.52. The van der Waals surface area contributed by atoms with Gasteiger partial charge in [0.05, 0.1) is 36.8 Å². The predicted octanol–water partition coefficient (Wildman–Crippen LogP) is 2.48. The molecule has 4 heterocycles. The molecule has 27 heavy (non-hydrogen) atoms. The second kappa shape index (κ2) is 8.35. The Labute approximate surface area is 161 Å². The summed E-state index contributed by atoms with van der Waals surface area (Å²) in [4.78, 5) is 14.2. The van der Waals surface area contributed by atoms with Crippen LogP contribution in [-0.2, 0) is 6.54 Å². The smallest absolute Gasteiger partial charge is 0.225 e. The number of anilines is 1. The van der Waals surface area contributed by atoms with Gasteiger partial charge < -0.3 is 10.0 Å². The average Bonchev–Trinajstić information content (AvgIpc) is 3.43. The number of aliphatic hydroxyl groups is 1. The highest BCUT2D eigenvalue weighted by atomic mass is 16.3. The van der Waals surface area contributed by atoms with Crippen LogP contribution in [0.5, 0.6) is 0 Å². The van der Waals surface area contributed by atoms with Gasteiger partial charge in [-0.3, -0.25) is 9.58 Å². The summed E-state index contributed by atoms with van der Waals surface area (Å²) in [6, 6.07) is 2.34. The molecule has 1 atom stereocenters. The lowest BCUT2D eigenvalue weighted by molar-refractivity contribution is 0.232. The summed E-state index contributed by atoms with van der Waals surface area (Å²) in [5, 5.41) is 14.1. The average molecular weight is 371 g/mol. The lowest BCUT2D eigenvalue weighted by atomic mass is 10.0. The molecule has 2 saturated heterocycles. The van der Waals surface area contributed by atoms with E-state index in [2.05, 4.69) is 26.8 Å². The highest BCUT2D eigenvalue weighted by molar-refractivity contribution is 5.63. The first kappa shape index (κ1) is 18.4. The molecule has 2 aliphatic rings. The molecular formula is C20H30N6O. The van der Waals surface area contributed by atoms with Crippen LogP contribution >= 0.6 is 0 Å². The first-order valence-electron chi connectivity index (χ1n) is 10.3. The van der Waals surface area contributed by atoms with E-state index in [-0.39, 0.29) is 6.61 Å². The number of aromatic nitrogens is 4. The van der Waals surface area contributed by atoms with Crippen molar-refractivity contribution in [3.05, 3.63) is 24.2 Å². The molecule has 0 saturated carbocycles. The molecule has 2 fully saturated rings. The van der Waals surface area contributed by atoms with E-state index in [4.69, 9.17) is 4.98 Å². The maximum Gasteiger partial charge on any atom is 0.225 e. The summed E-state index contributed by atoms with van der Waals surface area (Å²) in [5.74, 6) is 0.822. The van der Waals surface area contributed by atoms with Gasteiger partial charge in [0.1, 0.15) is 0 Å².